The SMILES string of the molecule is CCCN1CCC(NC2=NC3CCCCC3CS2)CC1. The van der Waals surface area contributed by atoms with Crippen LogP contribution in [0.1, 0.15) is 51.9 Å². The Balaban J connectivity index is 1.48. The van der Waals surface area contributed by atoms with E-state index in [4.69, 9.17) is 4.99 Å². The Labute approximate surface area is 128 Å². The zero-order chi connectivity index (χ0) is 13.8. The number of aliphatic imine (C=N–C) groups is 1. The van der Waals surface area contributed by atoms with Crippen molar-refractivity contribution in [3.63, 3.8) is 0 Å². The number of thioether (sulfide) groups is 1. The second-order valence-electron chi connectivity index (χ2n) is 6.62. The highest BCUT2D eigenvalue weighted by Crippen LogP contribution is 2.33. The molecule has 1 N–H and O–H groups in total. The third-order valence-electron chi connectivity index (χ3n) is 5.04. The average Bonchev–Trinajstić information content (AvgIpc) is 2.49. The molecule has 4 heteroatoms. The molecule has 0 aromatic rings. The van der Waals surface area contributed by atoms with Crippen molar-refractivity contribution >= 4 is 16.9 Å². The van der Waals surface area contributed by atoms with Crippen LogP contribution in [0.2, 0.25) is 0 Å². The fourth-order valence-corrected chi connectivity index (χ4v) is 5.02. The predicted molar refractivity (Wildman–Crippen MR) is 88.5 cm³/mol. The van der Waals surface area contributed by atoms with E-state index in [0.29, 0.717) is 12.1 Å². The van der Waals surface area contributed by atoms with Crippen LogP contribution < -0.4 is 5.32 Å². The van der Waals surface area contributed by atoms with Gasteiger partial charge in [-0.3, -0.25) is 4.99 Å². The van der Waals surface area contributed by atoms with Crippen molar-refractivity contribution in [3.05, 3.63) is 0 Å². The molecule has 0 aromatic carbocycles. The number of hydrogen-bond acceptors (Lipinski definition) is 4. The van der Waals surface area contributed by atoms with E-state index in [2.05, 4.69) is 17.1 Å². The first kappa shape index (κ1) is 14.7. The van der Waals surface area contributed by atoms with Crippen molar-refractivity contribution in [1.82, 2.24) is 10.2 Å². The maximum atomic E-state index is 5.01. The van der Waals surface area contributed by atoms with E-state index < -0.39 is 0 Å². The highest BCUT2D eigenvalue weighted by molar-refractivity contribution is 8.13. The van der Waals surface area contributed by atoms with Crippen LogP contribution in [0.5, 0.6) is 0 Å². The molecule has 0 aromatic heterocycles. The summed E-state index contributed by atoms with van der Waals surface area (Å²) >= 11 is 1.98. The summed E-state index contributed by atoms with van der Waals surface area (Å²) in [5.74, 6) is 2.16. The molecule has 0 bridgehead atoms. The molecule has 2 fully saturated rings. The van der Waals surface area contributed by atoms with Gasteiger partial charge in [-0.05, 0) is 44.6 Å². The molecule has 20 heavy (non-hydrogen) atoms. The highest BCUT2D eigenvalue weighted by Gasteiger charge is 2.30. The fourth-order valence-electron chi connectivity index (χ4n) is 3.80. The number of piperidine rings is 1. The minimum Gasteiger partial charge on any atom is -0.362 e. The first-order valence-corrected chi connectivity index (χ1v) is 9.53. The van der Waals surface area contributed by atoms with Crippen LogP contribution in [0.3, 0.4) is 0 Å². The molecule has 1 saturated heterocycles. The minimum absolute atomic E-state index is 0.632. The van der Waals surface area contributed by atoms with Crippen LogP contribution in [0.15, 0.2) is 4.99 Å². The lowest BCUT2D eigenvalue weighted by atomic mass is 9.86. The maximum absolute atomic E-state index is 5.01. The molecule has 0 amide bonds. The topological polar surface area (TPSA) is 27.6 Å². The van der Waals surface area contributed by atoms with Crippen LogP contribution >= 0.6 is 11.8 Å². The molecule has 3 aliphatic rings. The molecule has 0 spiro atoms. The van der Waals surface area contributed by atoms with E-state index >= 15 is 0 Å². The first-order chi connectivity index (χ1) is 9.85. The average molecular weight is 295 g/mol. The van der Waals surface area contributed by atoms with Gasteiger partial charge in [0.05, 0.1) is 6.04 Å². The first-order valence-electron chi connectivity index (χ1n) is 8.54. The van der Waals surface area contributed by atoms with Gasteiger partial charge in [0.15, 0.2) is 5.17 Å². The standard InChI is InChI=1S/C16H29N3S/c1-2-9-19-10-7-14(8-11-19)17-16-18-15-6-4-3-5-13(15)12-20-16/h13-15H,2-12H2,1H3,(H,17,18). The van der Waals surface area contributed by atoms with E-state index in [0.717, 1.165) is 5.92 Å². The summed E-state index contributed by atoms with van der Waals surface area (Å²) in [6.45, 7) is 6.06. The number of fused-ring (bicyclic) bond motifs is 1. The predicted octanol–water partition coefficient (Wildman–Crippen LogP) is 3.11. The lowest BCUT2D eigenvalue weighted by Crippen LogP contribution is -2.45. The van der Waals surface area contributed by atoms with Crippen LogP contribution in [-0.4, -0.2) is 47.5 Å². The molecule has 3 rings (SSSR count). The number of amidine groups is 1. The third kappa shape index (κ3) is 3.70. The van der Waals surface area contributed by atoms with Crippen LogP contribution in [0, 0.1) is 5.92 Å². The second kappa shape index (κ2) is 7.17. The number of nitrogens with zero attached hydrogens (tertiary/aromatic N) is 2. The molecule has 114 valence electrons. The number of likely N-dealkylation sites (tertiary alicyclic amines) is 1. The Bertz CT molecular complexity index is 337. The van der Waals surface area contributed by atoms with Gasteiger partial charge in [0, 0.05) is 24.9 Å². The summed E-state index contributed by atoms with van der Waals surface area (Å²) < 4.78 is 0. The van der Waals surface area contributed by atoms with E-state index in [-0.39, 0.29) is 0 Å². The van der Waals surface area contributed by atoms with Crippen LogP contribution in [0.25, 0.3) is 0 Å². The van der Waals surface area contributed by atoms with Gasteiger partial charge in [-0.2, -0.15) is 0 Å². The summed E-state index contributed by atoms with van der Waals surface area (Å²) in [5.41, 5.74) is 0. The largest absolute Gasteiger partial charge is 0.362 e. The van der Waals surface area contributed by atoms with Crippen molar-refractivity contribution in [2.45, 2.75) is 64.0 Å². The van der Waals surface area contributed by atoms with Crippen molar-refractivity contribution in [3.8, 4) is 0 Å². The summed E-state index contributed by atoms with van der Waals surface area (Å²) in [7, 11) is 0. The zero-order valence-electron chi connectivity index (χ0n) is 12.8. The van der Waals surface area contributed by atoms with Gasteiger partial charge in [0.2, 0.25) is 0 Å². The van der Waals surface area contributed by atoms with Crippen LogP contribution in [-0.2, 0) is 0 Å². The molecule has 1 saturated carbocycles. The van der Waals surface area contributed by atoms with E-state index in [9.17, 15) is 0 Å². The van der Waals surface area contributed by atoms with Crippen molar-refractivity contribution in [2.75, 3.05) is 25.4 Å². The number of nitrogens with one attached hydrogen (secondary N) is 1. The number of rotatable bonds is 3. The molecule has 2 heterocycles. The summed E-state index contributed by atoms with van der Waals surface area (Å²) in [5, 5.41) is 4.99. The summed E-state index contributed by atoms with van der Waals surface area (Å²) in [6, 6.07) is 1.29. The van der Waals surface area contributed by atoms with Gasteiger partial charge in [-0.1, -0.05) is 31.5 Å². The Morgan fingerprint density at radius 1 is 1.20 bits per heavy atom. The number of hydrogen-bond donors (Lipinski definition) is 1. The quantitative estimate of drug-likeness (QED) is 0.867. The maximum Gasteiger partial charge on any atom is 0.157 e. The van der Waals surface area contributed by atoms with E-state index in [1.807, 2.05) is 11.8 Å². The van der Waals surface area contributed by atoms with Gasteiger partial charge < -0.3 is 10.2 Å². The molecule has 2 atom stereocenters. The van der Waals surface area contributed by atoms with E-state index in [1.54, 1.807) is 0 Å². The van der Waals surface area contributed by atoms with Gasteiger partial charge in [0.25, 0.3) is 0 Å². The normalized spacial score (nSPS) is 32.5. The van der Waals surface area contributed by atoms with Crippen molar-refractivity contribution in [2.24, 2.45) is 10.9 Å². The molecule has 2 unspecified atom stereocenters. The molecule has 2 aliphatic heterocycles. The van der Waals surface area contributed by atoms with Gasteiger partial charge in [-0.25, -0.2) is 0 Å². The third-order valence-corrected chi connectivity index (χ3v) is 6.13. The second-order valence-corrected chi connectivity index (χ2v) is 7.63. The Hall–Kier alpha value is -0.220. The van der Waals surface area contributed by atoms with Crippen LogP contribution in [0.4, 0.5) is 0 Å². The Morgan fingerprint density at radius 2 is 2.00 bits per heavy atom. The van der Waals surface area contributed by atoms with Gasteiger partial charge >= 0.3 is 0 Å². The Kier molecular flexibility index (Phi) is 5.27. The summed E-state index contributed by atoms with van der Waals surface area (Å²) in [6.07, 6.45) is 9.40. The fraction of sp³-hybridized carbons (Fsp3) is 0.938. The smallest absolute Gasteiger partial charge is 0.157 e. The molecule has 1 aliphatic carbocycles. The van der Waals surface area contributed by atoms with Gasteiger partial charge in [0.1, 0.15) is 0 Å². The molecule has 3 nitrogen and oxygen atoms in total. The zero-order valence-corrected chi connectivity index (χ0v) is 13.6. The monoisotopic (exact) mass is 295 g/mol. The lowest BCUT2D eigenvalue weighted by Gasteiger charge is -2.36. The van der Waals surface area contributed by atoms with Crippen molar-refractivity contribution < 1.29 is 0 Å². The van der Waals surface area contributed by atoms with Gasteiger partial charge in [-0.15, -0.1) is 0 Å². The molecular weight excluding hydrogens is 266 g/mol. The highest BCUT2D eigenvalue weighted by atomic mass is 32.2. The summed E-state index contributed by atoms with van der Waals surface area (Å²) in [4.78, 5) is 7.61. The molecule has 0 radical (unpaired) electrons. The Morgan fingerprint density at radius 3 is 2.80 bits per heavy atom. The molecular formula is C16H29N3S. The van der Waals surface area contributed by atoms with E-state index in [1.165, 1.54) is 75.5 Å². The minimum atomic E-state index is 0.632. The van der Waals surface area contributed by atoms with Crippen molar-refractivity contribution in [1.29, 1.82) is 0 Å². The lowest BCUT2D eigenvalue weighted by molar-refractivity contribution is 0.207.